The minimum Gasteiger partial charge on any atom is -0.293 e. The molecule has 0 unspecified atom stereocenters. The molecule has 13 heavy (non-hydrogen) atoms. The van der Waals surface area contributed by atoms with E-state index in [1.54, 1.807) is 6.92 Å². The monoisotopic (exact) mass is 264 g/mol. The molecule has 0 saturated heterocycles. The Morgan fingerprint density at radius 2 is 2.23 bits per heavy atom. The van der Waals surface area contributed by atoms with Crippen LogP contribution in [0.3, 0.4) is 0 Å². The lowest BCUT2D eigenvalue weighted by molar-refractivity contribution is 0.102. The van der Waals surface area contributed by atoms with E-state index in [0.717, 1.165) is 0 Å². The predicted molar refractivity (Wildman–Crippen MR) is 53.9 cm³/mol. The summed E-state index contributed by atoms with van der Waals surface area (Å²) in [7, 11) is 0. The van der Waals surface area contributed by atoms with Gasteiger partial charge in [-0.1, -0.05) is 0 Å². The van der Waals surface area contributed by atoms with Gasteiger partial charge in [-0.25, -0.2) is 4.39 Å². The predicted octanol–water partition coefficient (Wildman–Crippen LogP) is 3.32. The van der Waals surface area contributed by atoms with E-state index in [9.17, 15) is 9.18 Å². The highest BCUT2D eigenvalue weighted by Crippen LogP contribution is 2.23. The first-order chi connectivity index (χ1) is 6.06. The molecule has 0 saturated carbocycles. The van der Waals surface area contributed by atoms with E-state index in [0.29, 0.717) is 15.6 Å². The summed E-state index contributed by atoms with van der Waals surface area (Å²) in [6, 6.07) is 2.54. The maximum Gasteiger partial charge on any atom is 0.178 e. The summed E-state index contributed by atoms with van der Waals surface area (Å²) in [4.78, 5) is 11.2. The highest BCUT2D eigenvalue weighted by molar-refractivity contribution is 9.10. The summed E-state index contributed by atoms with van der Waals surface area (Å²) in [5, 5.41) is 0. The van der Waals surface area contributed by atoms with Crippen LogP contribution in [0.4, 0.5) is 4.39 Å². The second-order valence-corrected chi connectivity index (χ2v) is 3.70. The van der Waals surface area contributed by atoms with Crippen molar-refractivity contribution >= 4 is 33.3 Å². The van der Waals surface area contributed by atoms with Gasteiger partial charge in [0.05, 0.1) is 5.88 Å². The third-order valence-electron chi connectivity index (χ3n) is 1.64. The van der Waals surface area contributed by atoms with Crippen LogP contribution in [-0.2, 0) is 0 Å². The van der Waals surface area contributed by atoms with E-state index < -0.39 is 5.82 Å². The SMILES string of the molecule is Cc1cc(F)cc(C(=O)CCl)c1Br. The highest BCUT2D eigenvalue weighted by Gasteiger charge is 2.12. The third-order valence-corrected chi connectivity index (χ3v) is 2.94. The fourth-order valence-electron chi connectivity index (χ4n) is 1.00. The molecule has 0 amide bonds. The normalized spacial score (nSPS) is 10.2. The maximum atomic E-state index is 12.9. The van der Waals surface area contributed by atoms with Crippen LogP contribution in [0, 0.1) is 12.7 Å². The quantitative estimate of drug-likeness (QED) is 0.592. The molecule has 1 aromatic rings. The van der Waals surface area contributed by atoms with E-state index in [2.05, 4.69) is 15.9 Å². The van der Waals surface area contributed by atoms with Crippen molar-refractivity contribution in [1.82, 2.24) is 0 Å². The van der Waals surface area contributed by atoms with Crippen molar-refractivity contribution < 1.29 is 9.18 Å². The van der Waals surface area contributed by atoms with Crippen molar-refractivity contribution in [2.45, 2.75) is 6.92 Å². The molecular weight excluding hydrogens is 258 g/mol. The molecule has 0 atom stereocenters. The molecule has 0 aromatic heterocycles. The molecule has 0 N–H and O–H groups in total. The molecule has 0 spiro atoms. The third kappa shape index (κ3) is 2.29. The van der Waals surface area contributed by atoms with Crippen LogP contribution in [0.5, 0.6) is 0 Å². The summed E-state index contributed by atoms with van der Waals surface area (Å²) in [5.74, 6) is -0.841. The summed E-state index contributed by atoms with van der Waals surface area (Å²) >= 11 is 8.58. The average Bonchev–Trinajstić information content (AvgIpc) is 2.10. The highest BCUT2D eigenvalue weighted by atomic mass is 79.9. The lowest BCUT2D eigenvalue weighted by atomic mass is 10.1. The lowest BCUT2D eigenvalue weighted by Crippen LogP contribution is -2.03. The Balaban J connectivity index is 3.28. The first kappa shape index (κ1) is 10.7. The van der Waals surface area contributed by atoms with Gasteiger partial charge in [0.2, 0.25) is 0 Å². The number of benzene rings is 1. The van der Waals surface area contributed by atoms with Crippen LogP contribution in [0.2, 0.25) is 0 Å². The topological polar surface area (TPSA) is 17.1 Å². The fraction of sp³-hybridized carbons (Fsp3) is 0.222. The van der Waals surface area contributed by atoms with Gasteiger partial charge in [0, 0.05) is 10.0 Å². The Labute approximate surface area is 89.0 Å². The first-order valence-corrected chi connectivity index (χ1v) is 4.94. The summed E-state index contributed by atoms with van der Waals surface area (Å²) in [6.45, 7) is 1.72. The lowest BCUT2D eigenvalue weighted by Gasteiger charge is -2.04. The van der Waals surface area contributed by atoms with Crippen LogP contribution in [0.25, 0.3) is 0 Å². The molecule has 1 aromatic carbocycles. The Bertz CT molecular complexity index is 352. The number of halogens is 3. The molecule has 0 fully saturated rings. The van der Waals surface area contributed by atoms with Crippen LogP contribution < -0.4 is 0 Å². The molecule has 1 nitrogen and oxygen atoms in total. The molecule has 4 heteroatoms. The molecule has 70 valence electrons. The fourth-order valence-corrected chi connectivity index (χ4v) is 1.59. The summed E-state index contributed by atoms with van der Waals surface area (Å²) in [6.07, 6.45) is 0. The van der Waals surface area contributed by atoms with Crippen LogP contribution >= 0.6 is 27.5 Å². The Morgan fingerprint density at radius 3 is 2.77 bits per heavy atom. The second-order valence-electron chi connectivity index (χ2n) is 2.64. The smallest absolute Gasteiger partial charge is 0.178 e. The van der Waals surface area contributed by atoms with Gasteiger partial charge in [-0.3, -0.25) is 4.79 Å². The molecule has 0 aliphatic carbocycles. The van der Waals surface area contributed by atoms with Crippen molar-refractivity contribution in [3.63, 3.8) is 0 Å². The van der Waals surface area contributed by atoms with E-state index in [4.69, 9.17) is 11.6 Å². The van der Waals surface area contributed by atoms with E-state index in [1.807, 2.05) is 0 Å². The number of hydrogen-bond acceptors (Lipinski definition) is 1. The first-order valence-electron chi connectivity index (χ1n) is 3.61. The standard InChI is InChI=1S/C9H7BrClFO/c1-5-2-6(12)3-7(9(5)10)8(13)4-11/h2-3H,4H2,1H3. The Hall–Kier alpha value is -0.410. The number of carbonyl (C=O) groups is 1. The molecule has 0 bridgehead atoms. The van der Waals surface area contributed by atoms with Gasteiger partial charge in [0.25, 0.3) is 0 Å². The van der Waals surface area contributed by atoms with Gasteiger partial charge in [-0.2, -0.15) is 0 Å². The van der Waals surface area contributed by atoms with Gasteiger partial charge in [0.15, 0.2) is 5.78 Å². The zero-order chi connectivity index (χ0) is 10.0. The van der Waals surface area contributed by atoms with Crippen molar-refractivity contribution in [1.29, 1.82) is 0 Å². The van der Waals surface area contributed by atoms with E-state index >= 15 is 0 Å². The number of ketones is 1. The molecule has 0 heterocycles. The minimum absolute atomic E-state index is 0.137. The number of rotatable bonds is 2. The zero-order valence-corrected chi connectivity index (χ0v) is 9.25. The summed E-state index contributed by atoms with van der Waals surface area (Å²) in [5.41, 5.74) is 0.987. The zero-order valence-electron chi connectivity index (χ0n) is 6.90. The van der Waals surface area contributed by atoms with Crippen molar-refractivity contribution in [2.75, 3.05) is 5.88 Å². The van der Waals surface area contributed by atoms with Crippen LogP contribution in [0.15, 0.2) is 16.6 Å². The molecule has 0 aliphatic rings. The van der Waals surface area contributed by atoms with Crippen LogP contribution in [-0.4, -0.2) is 11.7 Å². The van der Waals surface area contributed by atoms with E-state index in [-0.39, 0.29) is 11.7 Å². The number of hydrogen-bond donors (Lipinski definition) is 0. The van der Waals surface area contributed by atoms with Gasteiger partial charge in [0.1, 0.15) is 5.82 Å². The number of aryl methyl sites for hydroxylation is 1. The van der Waals surface area contributed by atoms with Gasteiger partial charge >= 0.3 is 0 Å². The van der Waals surface area contributed by atoms with Crippen molar-refractivity contribution in [2.24, 2.45) is 0 Å². The van der Waals surface area contributed by atoms with Gasteiger partial charge in [-0.15, -0.1) is 11.6 Å². The molecular formula is C9H7BrClFO. The van der Waals surface area contributed by atoms with Crippen LogP contribution in [0.1, 0.15) is 15.9 Å². The van der Waals surface area contributed by atoms with E-state index in [1.165, 1.54) is 12.1 Å². The summed E-state index contributed by atoms with van der Waals surface area (Å²) < 4.78 is 13.5. The molecule has 0 aliphatic heterocycles. The second kappa shape index (κ2) is 4.20. The van der Waals surface area contributed by atoms with Crippen molar-refractivity contribution in [3.8, 4) is 0 Å². The average molecular weight is 266 g/mol. The largest absolute Gasteiger partial charge is 0.293 e. The van der Waals surface area contributed by atoms with Gasteiger partial charge < -0.3 is 0 Å². The number of carbonyl (C=O) groups excluding carboxylic acids is 1. The molecule has 1 rings (SSSR count). The van der Waals surface area contributed by atoms with Gasteiger partial charge in [-0.05, 0) is 40.5 Å². The minimum atomic E-state index is -0.422. The Morgan fingerprint density at radius 1 is 1.62 bits per heavy atom. The van der Waals surface area contributed by atoms with Crippen molar-refractivity contribution in [3.05, 3.63) is 33.5 Å². The maximum absolute atomic E-state index is 12.9. The number of Topliss-reactive ketones (excluding diaryl/α,β-unsaturated/α-hetero) is 1. The Kier molecular flexibility index (Phi) is 3.45. The molecule has 0 radical (unpaired) electrons. The number of alkyl halides is 1.